The molecule has 0 atom stereocenters. The number of ether oxygens (including phenoxy) is 1. The van der Waals surface area contributed by atoms with E-state index in [-0.39, 0.29) is 0 Å². The van der Waals surface area contributed by atoms with Crippen LogP contribution in [0.1, 0.15) is 10.5 Å². The van der Waals surface area contributed by atoms with Crippen LogP contribution in [0.2, 0.25) is 0 Å². The van der Waals surface area contributed by atoms with Crippen molar-refractivity contribution in [2.75, 3.05) is 7.11 Å². The summed E-state index contributed by atoms with van der Waals surface area (Å²) in [6.45, 7) is 0. The minimum atomic E-state index is -0.842. The lowest BCUT2D eigenvalue weighted by atomic mass is 10.2. The smallest absolute Gasteiger partial charge is 0.381 e. The average molecular weight is 217 g/mol. The minimum Gasteiger partial charge on any atom is -0.463 e. The number of para-hydroxylation sites is 1. The highest BCUT2D eigenvalue weighted by atomic mass is 16.5. The molecular formula is C12H11NO3. The van der Waals surface area contributed by atoms with Crippen LogP contribution in [0.25, 0.3) is 10.9 Å². The minimum absolute atomic E-state index is 0.341. The molecule has 2 aromatic rings. The fourth-order valence-electron chi connectivity index (χ4n) is 1.70. The zero-order valence-electron chi connectivity index (χ0n) is 9.06. The van der Waals surface area contributed by atoms with Crippen molar-refractivity contribution in [3.63, 3.8) is 0 Å². The predicted octanol–water partition coefficient (Wildman–Crippen LogP) is 1.53. The maximum Gasteiger partial charge on any atom is 0.381 e. The van der Waals surface area contributed by atoms with Crippen molar-refractivity contribution in [2.24, 2.45) is 7.05 Å². The second-order valence-electron chi connectivity index (χ2n) is 3.47. The van der Waals surface area contributed by atoms with Crippen LogP contribution in [0.5, 0.6) is 0 Å². The number of Topliss-reactive ketones (excluding diaryl/α,β-unsaturated/α-hetero) is 1. The Labute approximate surface area is 92.4 Å². The molecule has 2 rings (SSSR count). The Morgan fingerprint density at radius 1 is 1.25 bits per heavy atom. The van der Waals surface area contributed by atoms with Gasteiger partial charge >= 0.3 is 5.97 Å². The molecule has 1 heterocycles. The molecule has 0 N–H and O–H groups in total. The van der Waals surface area contributed by atoms with E-state index in [2.05, 4.69) is 4.74 Å². The molecule has 0 radical (unpaired) electrons. The maximum atomic E-state index is 11.7. The third-order valence-electron chi connectivity index (χ3n) is 2.56. The summed E-state index contributed by atoms with van der Waals surface area (Å²) in [6.07, 6.45) is 0. The SMILES string of the molecule is COC(=O)C(=O)c1cc2ccccc2n1C. The van der Waals surface area contributed by atoms with Gasteiger partial charge < -0.3 is 9.30 Å². The number of aryl methyl sites for hydroxylation is 1. The Bertz CT molecular complexity index is 569. The number of benzene rings is 1. The Hall–Kier alpha value is -2.10. The quantitative estimate of drug-likeness (QED) is 0.435. The molecule has 0 spiro atoms. The van der Waals surface area contributed by atoms with Crippen LogP contribution in [0.3, 0.4) is 0 Å². The molecule has 1 aromatic heterocycles. The van der Waals surface area contributed by atoms with E-state index < -0.39 is 11.8 Å². The number of rotatable bonds is 2. The molecule has 4 heteroatoms. The fourth-order valence-corrected chi connectivity index (χ4v) is 1.70. The number of esters is 1. The van der Waals surface area contributed by atoms with Gasteiger partial charge in [0.1, 0.15) is 0 Å². The molecule has 4 nitrogen and oxygen atoms in total. The Balaban J connectivity index is 2.58. The highest BCUT2D eigenvalue weighted by Crippen LogP contribution is 2.18. The molecule has 0 fully saturated rings. The summed E-state index contributed by atoms with van der Waals surface area (Å²) in [7, 11) is 2.95. The number of fused-ring (bicyclic) bond motifs is 1. The van der Waals surface area contributed by atoms with Crippen LogP contribution in [-0.2, 0) is 16.6 Å². The lowest BCUT2D eigenvalue weighted by Crippen LogP contribution is -2.18. The number of methoxy groups -OCH3 is 1. The second-order valence-corrected chi connectivity index (χ2v) is 3.47. The zero-order valence-corrected chi connectivity index (χ0v) is 9.06. The van der Waals surface area contributed by atoms with Gasteiger partial charge in [0.05, 0.1) is 12.8 Å². The highest BCUT2D eigenvalue weighted by molar-refractivity contribution is 6.40. The molecule has 16 heavy (non-hydrogen) atoms. The first-order valence-electron chi connectivity index (χ1n) is 4.82. The summed E-state index contributed by atoms with van der Waals surface area (Å²) in [5, 5.41) is 0.928. The third-order valence-corrected chi connectivity index (χ3v) is 2.56. The molecule has 0 aliphatic heterocycles. The van der Waals surface area contributed by atoms with Crippen molar-refractivity contribution >= 4 is 22.7 Å². The van der Waals surface area contributed by atoms with Crippen LogP contribution < -0.4 is 0 Å². The van der Waals surface area contributed by atoms with E-state index in [9.17, 15) is 9.59 Å². The lowest BCUT2D eigenvalue weighted by molar-refractivity contribution is -0.135. The van der Waals surface area contributed by atoms with Gasteiger partial charge in [0.15, 0.2) is 0 Å². The average Bonchev–Trinajstić information content (AvgIpc) is 2.65. The number of hydrogen-bond donors (Lipinski definition) is 0. The molecule has 0 amide bonds. The number of carbonyl (C=O) groups excluding carboxylic acids is 2. The van der Waals surface area contributed by atoms with Gasteiger partial charge in [-0.05, 0) is 12.1 Å². The third kappa shape index (κ3) is 1.48. The van der Waals surface area contributed by atoms with Gasteiger partial charge in [-0.15, -0.1) is 0 Å². The highest BCUT2D eigenvalue weighted by Gasteiger charge is 2.20. The fraction of sp³-hybridized carbons (Fsp3) is 0.167. The van der Waals surface area contributed by atoms with Crippen molar-refractivity contribution in [1.82, 2.24) is 4.57 Å². The van der Waals surface area contributed by atoms with E-state index >= 15 is 0 Å². The first-order chi connectivity index (χ1) is 7.65. The zero-order chi connectivity index (χ0) is 11.7. The second kappa shape index (κ2) is 3.81. The number of hydrogen-bond acceptors (Lipinski definition) is 3. The number of ketones is 1. The van der Waals surface area contributed by atoms with Gasteiger partial charge in [-0.25, -0.2) is 4.79 Å². The van der Waals surface area contributed by atoms with E-state index in [0.717, 1.165) is 10.9 Å². The van der Waals surface area contributed by atoms with E-state index in [1.807, 2.05) is 24.3 Å². The Morgan fingerprint density at radius 2 is 1.94 bits per heavy atom. The van der Waals surface area contributed by atoms with Gasteiger partial charge in [-0.3, -0.25) is 4.79 Å². The Morgan fingerprint density at radius 3 is 2.56 bits per heavy atom. The largest absolute Gasteiger partial charge is 0.463 e. The monoisotopic (exact) mass is 217 g/mol. The first-order valence-corrected chi connectivity index (χ1v) is 4.82. The molecule has 82 valence electrons. The summed E-state index contributed by atoms with van der Waals surface area (Å²) in [4.78, 5) is 22.8. The van der Waals surface area contributed by atoms with E-state index in [0.29, 0.717) is 5.69 Å². The summed E-state index contributed by atoms with van der Waals surface area (Å²) in [5.41, 5.74) is 1.25. The number of nitrogens with zero attached hydrogens (tertiary/aromatic N) is 1. The first kappa shape index (κ1) is 10.4. The van der Waals surface area contributed by atoms with Gasteiger partial charge in [0.2, 0.25) is 0 Å². The Kier molecular flexibility index (Phi) is 2.48. The van der Waals surface area contributed by atoms with Crippen molar-refractivity contribution in [2.45, 2.75) is 0 Å². The van der Waals surface area contributed by atoms with Gasteiger partial charge in [-0.2, -0.15) is 0 Å². The number of carbonyl (C=O) groups is 2. The summed E-state index contributed by atoms with van der Waals surface area (Å²) < 4.78 is 6.10. The van der Waals surface area contributed by atoms with Crippen molar-refractivity contribution in [3.05, 3.63) is 36.0 Å². The van der Waals surface area contributed by atoms with Crippen LogP contribution in [-0.4, -0.2) is 23.4 Å². The molecule has 0 saturated carbocycles. The van der Waals surface area contributed by atoms with E-state index in [1.165, 1.54) is 7.11 Å². The molecule has 0 unspecified atom stereocenters. The van der Waals surface area contributed by atoms with E-state index in [1.54, 1.807) is 17.7 Å². The molecule has 0 aliphatic rings. The van der Waals surface area contributed by atoms with Crippen LogP contribution in [0.4, 0.5) is 0 Å². The summed E-state index contributed by atoms with van der Waals surface area (Å²) >= 11 is 0. The van der Waals surface area contributed by atoms with Crippen molar-refractivity contribution in [3.8, 4) is 0 Å². The molecule has 1 aromatic carbocycles. The van der Waals surface area contributed by atoms with Crippen molar-refractivity contribution < 1.29 is 14.3 Å². The molecular weight excluding hydrogens is 206 g/mol. The number of aromatic nitrogens is 1. The maximum absolute atomic E-state index is 11.7. The molecule has 0 bridgehead atoms. The van der Waals surface area contributed by atoms with Crippen LogP contribution in [0, 0.1) is 0 Å². The summed E-state index contributed by atoms with van der Waals surface area (Å²) in [6, 6.07) is 9.24. The molecule has 0 saturated heterocycles. The predicted molar refractivity (Wildman–Crippen MR) is 59.3 cm³/mol. The van der Waals surface area contributed by atoms with Gasteiger partial charge in [0.25, 0.3) is 5.78 Å². The van der Waals surface area contributed by atoms with Crippen LogP contribution in [0.15, 0.2) is 30.3 Å². The summed E-state index contributed by atoms with van der Waals surface area (Å²) in [5.74, 6) is -1.47. The molecule has 0 aliphatic carbocycles. The van der Waals surface area contributed by atoms with Crippen molar-refractivity contribution in [1.29, 1.82) is 0 Å². The van der Waals surface area contributed by atoms with E-state index in [4.69, 9.17) is 0 Å². The van der Waals surface area contributed by atoms with Crippen LogP contribution >= 0.6 is 0 Å². The van der Waals surface area contributed by atoms with Gasteiger partial charge in [0, 0.05) is 18.0 Å². The van der Waals surface area contributed by atoms with Gasteiger partial charge in [-0.1, -0.05) is 18.2 Å². The normalized spacial score (nSPS) is 10.4. The topological polar surface area (TPSA) is 48.3 Å². The standard InChI is InChI=1S/C12H11NO3/c1-13-9-6-4-3-5-8(9)7-10(13)11(14)12(15)16-2/h3-7H,1-2H3. The lowest BCUT2D eigenvalue weighted by Gasteiger charge is -2.01.